The highest BCUT2D eigenvalue weighted by molar-refractivity contribution is 6.39. The standard InChI is InChI=1S/C18H26N2O3/c1-3-13-10-15(9-8-12(13)2)20-18(23)17(22)19-11-14-6-4-5-7-16(14)21/h8-10,14,16,21H,3-7,11H2,1-2H3,(H,19,22)(H,20,23). The van der Waals surface area contributed by atoms with Gasteiger partial charge in [-0.25, -0.2) is 0 Å². The molecule has 2 unspecified atom stereocenters. The molecule has 1 aliphatic rings. The van der Waals surface area contributed by atoms with Crippen LogP contribution in [0.15, 0.2) is 18.2 Å². The van der Waals surface area contributed by atoms with E-state index in [0.717, 1.165) is 37.7 Å². The first-order valence-corrected chi connectivity index (χ1v) is 8.38. The van der Waals surface area contributed by atoms with E-state index >= 15 is 0 Å². The van der Waals surface area contributed by atoms with Crippen LogP contribution in [0.4, 0.5) is 5.69 Å². The van der Waals surface area contributed by atoms with E-state index in [1.54, 1.807) is 6.07 Å². The minimum absolute atomic E-state index is 0.0477. The van der Waals surface area contributed by atoms with Crippen LogP contribution in [0.5, 0.6) is 0 Å². The Morgan fingerprint density at radius 1 is 1.22 bits per heavy atom. The number of rotatable bonds is 4. The minimum Gasteiger partial charge on any atom is -0.393 e. The number of aliphatic hydroxyl groups is 1. The monoisotopic (exact) mass is 318 g/mol. The number of aliphatic hydroxyl groups excluding tert-OH is 1. The van der Waals surface area contributed by atoms with Gasteiger partial charge in [0.15, 0.2) is 0 Å². The first-order chi connectivity index (χ1) is 11.0. The van der Waals surface area contributed by atoms with Gasteiger partial charge in [-0.3, -0.25) is 9.59 Å². The number of hydrogen-bond donors (Lipinski definition) is 3. The molecule has 2 rings (SSSR count). The van der Waals surface area contributed by atoms with Gasteiger partial charge >= 0.3 is 11.8 Å². The van der Waals surface area contributed by atoms with Gasteiger partial charge in [0.1, 0.15) is 0 Å². The summed E-state index contributed by atoms with van der Waals surface area (Å²) >= 11 is 0. The van der Waals surface area contributed by atoms with Gasteiger partial charge in [0, 0.05) is 18.2 Å². The molecule has 126 valence electrons. The van der Waals surface area contributed by atoms with Gasteiger partial charge in [-0.2, -0.15) is 0 Å². The molecule has 1 aliphatic carbocycles. The van der Waals surface area contributed by atoms with E-state index in [1.807, 2.05) is 19.1 Å². The third-order valence-corrected chi connectivity index (χ3v) is 4.59. The first-order valence-electron chi connectivity index (χ1n) is 8.38. The van der Waals surface area contributed by atoms with Crippen LogP contribution in [0.3, 0.4) is 0 Å². The zero-order chi connectivity index (χ0) is 16.8. The van der Waals surface area contributed by atoms with Crippen LogP contribution >= 0.6 is 0 Å². The molecule has 0 radical (unpaired) electrons. The smallest absolute Gasteiger partial charge is 0.313 e. The number of hydrogen-bond acceptors (Lipinski definition) is 3. The fraction of sp³-hybridized carbons (Fsp3) is 0.556. The molecule has 0 saturated heterocycles. The molecule has 2 atom stereocenters. The molecule has 0 bridgehead atoms. The average Bonchev–Trinajstić information content (AvgIpc) is 2.55. The predicted octanol–water partition coefficient (Wildman–Crippen LogP) is 2.16. The lowest BCUT2D eigenvalue weighted by atomic mass is 9.86. The van der Waals surface area contributed by atoms with Crippen molar-refractivity contribution in [1.82, 2.24) is 5.32 Å². The lowest BCUT2D eigenvalue weighted by molar-refractivity contribution is -0.136. The zero-order valence-corrected chi connectivity index (χ0v) is 13.9. The Bertz CT molecular complexity index is 571. The Balaban J connectivity index is 1.86. The van der Waals surface area contributed by atoms with Crippen molar-refractivity contribution in [1.29, 1.82) is 0 Å². The first kappa shape index (κ1) is 17.5. The second-order valence-electron chi connectivity index (χ2n) is 6.27. The SMILES string of the molecule is CCc1cc(NC(=O)C(=O)NCC2CCCCC2O)ccc1C. The topological polar surface area (TPSA) is 78.4 Å². The number of amides is 2. The third-order valence-electron chi connectivity index (χ3n) is 4.59. The molecule has 1 fully saturated rings. The summed E-state index contributed by atoms with van der Waals surface area (Å²) in [7, 11) is 0. The fourth-order valence-corrected chi connectivity index (χ4v) is 3.05. The third kappa shape index (κ3) is 4.79. The molecule has 1 saturated carbocycles. The number of aryl methyl sites for hydroxylation is 2. The van der Waals surface area contributed by atoms with Gasteiger partial charge in [-0.05, 0) is 49.4 Å². The Morgan fingerprint density at radius 3 is 2.65 bits per heavy atom. The number of carbonyl (C=O) groups excluding carboxylic acids is 2. The van der Waals surface area contributed by atoms with E-state index in [4.69, 9.17) is 0 Å². The molecule has 5 nitrogen and oxygen atoms in total. The number of carbonyl (C=O) groups is 2. The molecular formula is C18H26N2O3. The largest absolute Gasteiger partial charge is 0.393 e. The van der Waals surface area contributed by atoms with Gasteiger partial charge in [0.25, 0.3) is 0 Å². The lowest BCUT2D eigenvalue weighted by Crippen LogP contribution is -2.41. The number of nitrogens with one attached hydrogen (secondary N) is 2. The molecule has 0 aliphatic heterocycles. The Hall–Kier alpha value is -1.88. The van der Waals surface area contributed by atoms with E-state index in [2.05, 4.69) is 17.6 Å². The fourth-order valence-electron chi connectivity index (χ4n) is 3.05. The van der Waals surface area contributed by atoms with Crippen molar-refractivity contribution >= 4 is 17.5 Å². The van der Waals surface area contributed by atoms with Gasteiger partial charge in [0.2, 0.25) is 0 Å². The summed E-state index contributed by atoms with van der Waals surface area (Å²) in [5.74, 6) is -1.27. The van der Waals surface area contributed by atoms with Crippen LogP contribution in [0.1, 0.15) is 43.7 Å². The molecule has 1 aromatic carbocycles. The van der Waals surface area contributed by atoms with Crippen molar-refractivity contribution in [3.63, 3.8) is 0 Å². The van der Waals surface area contributed by atoms with E-state index in [0.29, 0.717) is 12.2 Å². The zero-order valence-electron chi connectivity index (χ0n) is 13.9. The normalized spacial score (nSPS) is 20.8. The molecular weight excluding hydrogens is 292 g/mol. The van der Waals surface area contributed by atoms with Gasteiger partial charge in [-0.15, -0.1) is 0 Å². The van der Waals surface area contributed by atoms with E-state index in [1.165, 1.54) is 5.56 Å². The lowest BCUT2D eigenvalue weighted by Gasteiger charge is -2.27. The van der Waals surface area contributed by atoms with Crippen molar-refractivity contribution in [2.45, 2.75) is 52.1 Å². The molecule has 0 heterocycles. The van der Waals surface area contributed by atoms with Crippen LogP contribution in [-0.4, -0.2) is 29.6 Å². The van der Waals surface area contributed by atoms with Crippen LogP contribution in [0.2, 0.25) is 0 Å². The number of benzene rings is 1. The van der Waals surface area contributed by atoms with Crippen LogP contribution in [0.25, 0.3) is 0 Å². The van der Waals surface area contributed by atoms with Crippen molar-refractivity contribution in [2.24, 2.45) is 5.92 Å². The average molecular weight is 318 g/mol. The summed E-state index contributed by atoms with van der Waals surface area (Å²) in [5, 5.41) is 15.1. The maximum absolute atomic E-state index is 12.0. The van der Waals surface area contributed by atoms with E-state index in [-0.39, 0.29) is 12.0 Å². The Kier molecular flexibility index (Phi) is 6.16. The molecule has 2 amide bonds. The van der Waals surface area contributed by atoms with Crippen molar-refractivity contribution < 1.29 is 14.7 Å². The summed E-state index contributed by atoms with van der Waals surface area (Å²) in [4.78, 5) is 23.9. The van der Waals surface area contributed by atoms with Crippen LogP contribution in [-0.2, 0) is 16.0 Å². The van der Waals surface area contributed by atoms with Gasteiger partial charge < -0.3 is 15.7 Å². The second-order valence-corrected chi connectivity index (χ2v) is 6.27. The van der Waals surface area contributed by atoms with E-state index < -0.39 is 11.8 Å². The molecule has 23 heavy (non-hydrogen) atoms. The van der Waals surface area contributed by atoms with Gasteiger partial charge in [0.05, 0.1) is 6.10 Å². The highest BCUT2D eigenvalue weighted by Gasteiger charge is 2.24. The second kappa shape index (κ2) is 8.11. The van der Waals surface area contributed by atoms with Crippen molar-refractivity contribution in [2.75, 3.05) is 11.9 Å². The molecule has 0 spiro atoms. The Labute approximate surface area is 137 Å². The van der Waals surface area contributed by atoms with Crippen molar-refractivity contribution in [3.8, 4) is 0 Å². The minimum atomic E-state index is -0.666. The van der Waals surface area contributed by atoms with Crippen molar-refractivity contribution in [3.05, 3.63) is 29.3 Å². The quantitative estimate of drug-likeness (QED) is 0.744. The maximum atomic E-state index is 12.0. The van der Waals surface area contributed by atoms with Gasteiger partial charge in [-0.1, -0.05) is 25.8 Å². The molecule has 3 N–H and O–H groups in total. The molecule has 5 heteroatoms. The maximum Gasteiger partial charge on any atom is 0.313 e. The summed E-state index contributed by atoms with van der Waals surface area (Å²) in [5.41, 5.74) is 2.94. The predicted molar refractivity (Wildman–Crippen MR) is 90.2 cm³/mol. The molecule has 1 aromatic rings. The number of anilines is 1. The molecule has 0 aromatic heterocycles. The summed E-state index contributed by atoms with van der Waals surface area (Å²) in [6.45, 7) is 4.42. The Morgan fingerprint density at radius 2 is 1.96 bits per heavy atom. The van der Waals surface area contributed by atoms with Crippen LogP contribution < -0.4 is 10.6 Å². The highest BCUT2D eigenvalue weighted by Crippen LogP contribution is 2.23. The van der Waals surface area contributed by atoms with E-state index in [9.17, 15) is 14.7 Å². The van der Waals surface area contributed by atoms with Crippen LogP contribution in [0, 0.1) is 12.8 Å². The highest BCUT2D eigenvalue weighted by atomic mass is 16.3. The summed E-state index contributed by atoms with van der Waals surface area (Å²) in [6.07, 6.45) is 4.25. The summed E-state index contributed by atoms with van der Waals surface area (Å²) in [6, 6.07) is 5.63. The summed E-state index contributed by atoms with van der Waals surface area (Å²) < 4.78 is 0.